The molecule has 0 aliphatic rings. The lowest BCUT2D eigenvalue weighted by molar-refractivity contribution is 0.575. The molecule has 4 rings (SSSR count). The van der Waals surface area contributed by atoms with E-state index in [9.17, 15) is 0 Å². The Bertz CT molecular complexity index is 954. The van der Waals surface area contributed by atoms with Gasteiger partial charge in [-0.15, -0.1) is 0 Å². The first-order valence-electron chi connectivity index (χ1n) is 7.56. The smallest absolute Gasteiger partial charge is 0.227 e. The predicted octanol–water partition coefficient (Wildman–Crippen LogP) is 5.67. The molecule has 110 valence electrons. The van der Waals surface area contributed by atoms with E-state index >= 15 is 0 Å². The van der Waals surface area contributed by atoms with Crippen LogP contribution in [0.15, 0.2) is 83.6 Å². The Morgan fingerprint density at radius 2 is 1.61 bits per heavy atom. The molecule has 0 radical (unpaired) electrons. The van der Waals surface area contributed by atoms with Crippen LogP contribution in [-0.2, 0) is 0 Å². The fraction of sp³-hybridized carbons (Fsp3) is 0. The average Bonchev–Trinajstić information content (AvgIpc) is 3.14. The molecule has 0 unspecified atom stereocenters. The first kappa shape index (κ1) is 13.5. The number of rotatable bonds is 3. The largest absolute Gasteiger partial charge is 0.444 e. The molecule has 4 aromatic rings. The number of hydrogen-bond acceptors (Lipinski definition) is 2. The molecule has 0 saturated heterocycles. The molecule has 0 bridgehead atoms. The van der Waals surface area contributed by atoms with E-state index in [0.717, 1.165) is 16.5 Å². The molecule has 3 aromatic carbocycles. The summed E-state index contributed by atoms with van der Waals surface area (Å²) in [5.41, 5.74) is 3.29. The molecule has 0 N–H and O–H groups in total. The summed E-state index contributed by atoms with van der Waals surface area (Å²) < 4.78 is 5.58. The molecule has 0 aliphatic carbocycles. The maximum absolute atomic E-state index is 5.58. The quantitative estimate of drug-likeness (QED) is 0.456. The fourth-order valence-electron chi connectivity index (χ4n) is 2.76. The van der Waals surface area contributed by atoms with E-state index in [1.54, 1.807) is 12.5 Å². The second-order valence-corrected chi connectivity index (χ2v) is 5.33. The minimum Gasteiger partial charge on any atom is -0.444 e. The normalized spacial score (nSPS) is 11.3. The van der Waals surface area contributed by atoms with Gasteiger partial charge in [0.25, 0.3) is 0 Å². The van der Waals surface area contributed by atoms with Crippen molar-refractivity contribution in [2.45, 2.75) is 0 Å². The van der Waals surface area contributed by atoms with Crippen molar-refractivity contribution in [3.05, 3.63) is 90.3 Å². The van der Waals surface area contributed by atoms with Crippen LogP contribution in [0.25, 0.3) is 34.4 Å². The van der Waals surface area contributed by atoms with E-state index in [-0.39, 0.29) is 0 Å². The number of hydrogen-bond donors (Lipinski definition) is 0. The lowest BCUT2D eigenvalue weighted by Gasteiger charge is -2.07. The Labute approximate surface area is 134 Å². The van der Waals surface area contributed by atoms with Crippen molar-refractivity contribution in [2.24, 2.45) is 0 Å². The van der Waals surface area contributed by atoms with Gasteiger partial charge in [0, 0.05) is 0 Å². The van der Waals surface area contributed by atoms with Crippen LogP contribution in [-0.4, -0.2) is 4.98 Å². The van der Waals surface area contributed by atoms with Gasteiger partial charge in [0.15, 0.2) is 0 Å². The average molecular weight is 297 g/mol. The van der Waals surface area contributed by atoms with Gasteiger partial charge in [-0.3, -0.25) is 0 Å². The van der Waals surface area contributed by atoms with E-state index in [1.165, 1.54) is 10.9 Å². The van der Waals surface area contributed by atoms with Crippen LogP contribution in [0.4, 0.5) is 0 Å². The highest BCUT2D eigenvalue weighted by molar-refractivity contribution is 5.99. The molecule has 0 amide bonds. The Hall–Kier alpha value is -3.13. The van der Waals surface area contributed by atoms with Gasteiger partial charge >= 0.3 is 0 Å². The summed E-state index contributed by atoms with van der Waals surface area (Å²) in [5, 5.41) is 2.32. The Morgan fingerprint density at radius 3 is 2.43 bits per heavy atom. The molecule has 0 aliphatic heterocycles. The molecule has 2 nitrogen and oxygen atoms in total. The van der Waals surface area contributed by atoms with Gasteiger partial charge < -0.3 is 4.42 Å². The van der Waals surface area contributed by atoms with E-state index in [4.69, 9.17) is 4.42 Å². The van der Waals surface area contributed by atoms with Gasteiger partial charge in [-0.1, -0.05) is 78.9 Å². The van der Waals surface area contributed by atoms with Crippen LogP contribution in [0, 0.1) is 0 Å². The first-order chi connectivity index (χ1) is 11.4. The van der Waals surface area contributed by atoms with Crippen LogP contribution in [0.1, 0.15) is 11.1 Å². The summed E-state index contributed by atoms with van der Waals surface area (Å²) in [7, 11) is 0. The van der Waals surface area contributed by atoms with E-state index in [2.05, 4.69) is 53.5 Å². The van der Waals surface area contributed by atoms with Crippen LogP contribution < -0.4 is 0 Å². The molecule has 1 aromatic heterocycles. The predicted molar refractivity (Wildman–Crippen MR) is 94.8 cm³/mol. The first-order valence-corrected chi connectivity index (χ1v) is 7.56. The van der Waals surface area contributed by atoms with Crippen molar-refractivity contribution in [1.82, 2.24) is 4.98 Å². The minimum atomic E-state index is 0.648. The van der Waals surface area contributed by atoms with Gasteiger partial charge in [0.05, 0.1) is 11.8 Å². The molecule has 23 heavy (non-hydrogen) atoms. The number of benzene rings is 3. The maximum Gasteiger partial charge on any atom is 0.227 e. The monoisotopic (exact) mass is 297 g/mol. The molecular formula is C21H15NO. The Kier molecular flexibility index (Phi) is 3.49. The summed E-state index contributed by atoms with van der Waals surface area (Å²) in [5.74, 6) is 0.648. The zero-order valence-corrected chi connectivity index (χ0v) is 12.5. The van der Waals surface area contributed by atoms with Gasteiger partial charge in [0.1, 0.15) is 6.26 Å². The van der Waals surface area contributed by atoms with Crippen molar-refractivity contribution in [3.63, 3.8) is 0 Å². The lowest BCUT2D eigenvalue weighted by atomic mass is 9.98. The highest BCUT2D eigenvalue weighted by Crippen LogP contribution is 2.32. The summed E-state index contributed by atoms with van der Waals surface area (Å²) >= 11 is 0. The van der Waals surface area contributed by atoms with Crippen molar-refractivity contribution in [3.8, 4) is 11.5 Å². The van der Waals surface area contributed by atoms with E-state index in [1.807, 2.05) is 30.3 Å². The van der Waals surface area contributed by atoms with Crippen molar-refractivity contribution in [1.29, 1.82) is 0 Å². The van der Waals surface area contributed by atoms with Crippen molar-refractivity contribution >= 4 is 22.9 Å². The second-order valence-electron chi connectivity index (χ2n) is 5.33. The van der Waals surface area contributed by atoms with Gasteiger partial charge in [-0.25, -0.2) is 4.98 Å². The number of aromatic nitrogens is 1. The lowest BCUT2D eigenvalue weighted by Crippen LogP contribution is -1.86. The minimum absolute atomic E-state index is 0.648. The third-order valence-corrected chi connectivity index (χ3v) is 3.86. The fourth-order valence-corrected chi connectivity index (χ4v) is 2.76. The van der Waals surface area contributed by atoms with Crippen LogP contribution >= 0.6 is 0 Å². The van der Waals surface area contributed by atoms with Crippen LogP contribution in [0.5, 0.6) is 0 Å². The highest BCUT2D eigenvalue weighted by Gasteiger charge is 2.11. The Balaban J connectivity index is 1.89. The van der Waals surface area contributed by atoms with Crippen molar-refractivity contribution < 1.29 is 4.42 Å². The number of oxazole rings is 1. The number of nitrogens with zero attached hydrogens (tertiary/aromatic N) is 1. The topological polar surface area (TPSA) is 26.0 Å². The third-order valence-electron chi connectivity index (χ3n) is 3.86. The third kappa shape index (κ3) is 2.67. The standard InChI is InChI=1S/C21H15NO/c1-2-6-16(7-3-1)10-11-18-13-12-17-8-4-5-9-19(17)20(18)21-22-14-15-23-21/h1-15H. The molecule has 0 saturated carbocycles. The Morgan fingerprint density at radius 1 is 0.783 bits per heavy atom. The zero-order chi connectivity index (χ0) is 15.5. The molecule has 0 atom stereocenters. The zero-order valence-electron chi connectivity index (χ0n) is 12.5. The maximum atomic E-state index is 5.58. The van der Waals surface area contributed by atoms with Crippen LogP contribution in [0.2, 0.25) is 0 Å². The van der Waals surface area contributed by atoms with E-state index < -0.39 is 0 Å². The summed E-state index contributed by atoms with van der Waals surface area (Å²) in [4.78, 5) is 4.35. The highest BCUT2D eigenvalue weighted by atomic mass is 16.3. The molecule has 0 spiro atoms. The van der Waals surface area contributed by atoms with Gasteiger partial charge in [-0.2, -0.15) is 0 Å². The van der Waals surface area contributed by atoms with E-state index in [0.29, 0.717) is 5.89 Å². The molecular weight excluding hydrogens is 282 g/mol. The van der Waals surface area contributed by atoms with Gasteiger partial charge in [-0.05, 0) is 21.9 Å². The number of fused-ring (bicyclic) bond motifs is 1. The van der Waals surface area contributed by atoms with Gasteiger partial charge in [0.2, 0.25) is 5.89 Å². The molecule has 2 heteroatoms. The summed E-state index contributed by atoms with van der Waals surface area (Å²) in [6.45, 7) is 0. The summed E-state index contributed by atoms with van der Waals surface area (Å²) in [6.07, 6.45) is 7.52. The second kappa shape index (κ2) is 5.93. The molecule has 1 heterocycles. The van der Waals surface area contributed by atoms with Crippen molar-refractivity contribution in [2.75, 3.05) is 0 Å². The van der Waals surface area contributed by atoms with Crippen LogP contribution in [0.3, 0.4) is 0 Å². The molecule has 0 fully saturated rings. The SMILES string of the molecule is C(=Cc1ccc2ccccc2c1-c1ncco1)c1ccccc1. The summed E-state index contributed by atoms with van der Waals surface area (Å²) in [6, 6.07) is 22.8.